The van der Waals surface area contributed by atoms with E-state index in [1.165, 1.54) is 24.2 Å². The molecule has 3 heterocycles. The Morgan fingerprint density at radius 2 is 2.12 bits per heavy atom. The van der Waals surface area contributed by atoms with Gasteiger partial charge in [0, 0.05) is 0 Å². The van der Waals surface area contributed by atoms with Gasteiger partial charge in [-0.25, -0.2) is 4.98 Å². The molecule has 6 nitrogen and oxygen atoms in total. The summed E-state index contributed by atoms with van der Waals surface area (Å²) < 4.78 is 7.22. The highest BCUT2D eigenvalue weighted by molar-refractivity contribution is 7.17. The van der Waals surface area contributed by atoms with Crippen LogP contribution in [0.15, 0.2) is 24.3 Å². The summed E-state index contributed by atoms with van der Waals surface area (Å²) in [7, 11) is 0. The van der Waals surface area contributed by atoms with Gasteiger partial charge in [0.2, 0.25) is 10.8 Å². The number of fused-ring (bicyclic) bond motifs is 1. The van der Waals surface area contributed by atoms with Gasteiger partial charge in [-0.3, -0.25) is 4.90 Å². The normalized spacial score (nSPS) is 16.6. The molecule has 1 fully saturated rings. The molecular formula is C18H22N4O2S. The van der Waals surface area contributed by atoms with E-state index < -0.39 is 0 Å². The lowest BCUT2D eigenvalue weighted by Crippen LogP contribution is -2.26. The quantitative estimate of drug-likeness (QED) is 0.757. The van der Waals surface area contributed by atoms with Crippen molar-refractivity contribution in [3.63, 3.8) is 0 Å². The van der Waals surface area contributed by atoms with Crippen molar-refractivity contribution in [1.82, 2.24) is 19.5 Å². The van der Waals surface area contributed by atoms with E-state index in [1.54, 1.807) is 4.52 Å². The van der Waals surface area contributed by atoms with Gasteiger partial charge in [-0.05, 0) is 57.5 Å². The number of aryl methyl sites for hydroxylation is 1. The molecule has 1 aliphatic rings. The van der Waals surface area contributed by atoms with E-state index >= 15 is 0 Å². The lowest BCUT2D eigenvalue weighted by Gasteiger charge is -2.27. The van der Waals surface area contributed by atoms with Crippen molar-refractivity contribution in [2.45, 2.75) is 32.7 Å². The molecule has 1 aliphatic heterocycles. The first-order valence-corrected chi connectivity index (χ1v) is 9.51. The van der Waals surface area contributed by atoms with Crippen LogP contribution in [0, 0.1) is 6.92 Å². The number of rotatable bonds is 5. The number of hydrogen-bond acceptors (Lipinski definition) is 6. The van der Waals surface area contributed by atoms with Crippen LogP contribution in [0.5, 0.6) is 11.6 Å². The molecule has 4 rings (SSSR count). The van der Waals surface area contributed by atoms with Gasteiger partial charge in [0.15, 0.2) is 0 Å². The number of aromatic nitrogens is 3. The Morgan fingerprint density at radius 1 is 1.32 bits per heavy atom. The first-order chi connectivity index (χ1) is 12.2. The summed E-state index contributed by atoms with van der Waals surface area (Å²) in [6, 6.07) is 8.16. The second-order valence-electron chi connectivity index (χ2n) is 6.29. The summed E-state index contributed by atoms with van der Waals surface area (Å²) in [5.41, 5.74) is 1.13. The van der Waals surface area contributed by atoms with Gasteiger partial charge in [-0.2, -0.15) is 4.52 Å². The molecule has 0 amide bonds. The van der Waals surface area contributed by atoms with Crippen LogP contribution in [-0.4, -0.2) is 44.3 Å². The van der Waals surface area contributed by atoms with E-state index in [0.29, 0.717) is 12.4 Å². The molecular weight excluding hydrogens is 336 g/mol. The Bertz CT molecular complexity index is 882. The van der Waals surface area contributed by atoms with Crippen molar-refractivity contribution in [1.29, 1.82) is 0 Å². The molecule has 7 heteroatoms. The topological polar surface area (TPSA) is 62.9 Å². The van der Waals surface area contributed by atoms with Crippen LogP contribution in [0.25, 0.3) is 4.96 Å². The predicted octanol–water partition coefficient (Wildman–Crippen LogP) is 3.39. The summed E-state index contributed by atoms with van der Waals surface area (Å²) in [5, 5.41) is 15.1. The van der Waals surface area contributed by atoms with Crippen molar-refractivity contribution >= 4 is 16.3 Å². The Labute approximate surface area is 150 Å². The molecule has 0 aliphatic carbocycles. The predicted molar refractivity (Wildman–Crippen MR) is 97.5 cm³/mol. The number of hydrogen-bond donors (Lipinski definition) is 1. The minimum atomic E-state index is -0.00304. The second-order valence-corrected chi connectivity index (χ2v) is 7.30. The summed E-state index contributed by atoms with van der Waals surface area (Å²) >= 11 is 1.51. The first kappa shape index (κ1) is 16.4. The molecule has 3 aromatic rings. The molecule has 0 saturated carbocycles. The highest BCUT2D eigenvalue weighted by Gasteiger charge is 2.31. The van der Waals surface area contributed by atoms with Crippen molar-refractivity contribution in [3.8, 4) is 11.6 Å². The maximum Gasteiger partial charge on any atom is 0.230 e. The number of aromatic hydroxyl groups is 1. The third-order valence-corrected chi connectivity index (χ3v) is 5.62. The maximum atomic E-state index is 10.8. The summed E-state index contributed by atoms with van der Waals surface area (Å²) in [6.45, 7) is 6.51. The zero-order valence-corrected chi connectivity index (χ0v) is 15.3. The number of thiazole rings is 1. The Kier molecular flexibility index (Phi) is 4.35. The van der Waals surface area contributed by atoms with Crippen LogP contribution in [0.1, 0.15) is 42.1 Å². The van der Waals surface area contributed by atoms with E-state index in [9.17, 15) is 5.11 Å². The van der Waals surface area contributed by atoms with E-state index in [1.807, 2.05) is 26.0 Å². The van der Waals surface area contributed by atoms with E-state index in [2.05, 4.69) is 27.1 Å². The molecule has 1 atom stereocenters. The molecule has 1 unspecified atom stereocenters. The number of nitrogens with zero attached hydrogens (tertiary/aromatic N) is 4. The Balaban J connectivity index is 1.81. The lowest BCUT2D eigenvalue weighted by atomic mass is 10.0. The minimum Gasteiger partial charge on any atom is -0.494 e. The fourth-order valence-corrected chi connectivity index (χ4v) is 4.66. The highest BCUT2D eigenvalue weighted by Crippen LogP contribution is 2.41. The van der Waals surface area contributed by atoms with Crippen LogP contribution in [0.3, 0.4) is 0 Å². The standard InChI is InChI=1S/C18H22N4O2S/c1-3-24-14-8-6-7-13(11-14)15(21-9-4-5-10-21)16-17(23)22-18(25-16)19-12(2)20-22/h6-8,11,15,23H,3-5,9-10H2,1-2H3. The van der Waals surface area contributed by atoms with Crippen LogP contribution < -0.4 is 4.74 Å². The van der Waals surface area contributed by atoms with Crippen LogP contribution in [0.4, 0.5) is 0 Å². The van der Waals surface area contributed by atoms with E-state index in [-0.39, 0.29) is 11.9 Å². The smallest absolute Gasteiger partial charge is 0.230 e. The van der Waals surface area contributed by atoms with Crippen molar-refractivity contribution in [3.05, 3.63) is 40.5 Å². The van der Waals surface area contributed by atoms with Gasteiger partial charge in [0.05, 0.1) is 17.5 Å². The SMILES string of the molecule is CCOc1cccc(C(c2sc3nc(C)nn3c2O)N2CCCC2)c1. The van der Waals surface area contributed by atoms with Gasteiger partial charge >= 0.3 is 0 Å². The first-order valence-electron chi connectivity index (χ1n) is 8.69. The zero-order chi connectivity index (χ0) is 17.4. The summed E-state index contributed by atoms with van der Waals surface area (Å²) in [6.07, 6.45) is 2.37. The molecule has 132 valence electrons. The average molecular weight is 358 g/mol. The third-order valence-electron chi connectivity index (χ3n) is 4.54. The van der Waals surface area contributed by atoms with E-state index in [4.69, 9.17) is 4.74 Å². The lowest BCUT2D eigenvalue weighted by molar-refractivity contribution is 0.275. The van der Waals surface area contributed by atoms with Gasteiger partial charge in [0.1, 0.15) is 11.6 Å². The van der Waals surface area contributed by atoms with Crippen molar-refractivity contribution in [2.24, 2.45) is 0 Å². The number of likely N-dealkylation sites (tertiary alicyclic amines) is 1. The van der Waals surface area contributed by atoms with Crippen LogP contribution in [-0.2, 0) is 0 Å². The van der Waals surface area contributed by atoms with Crippen molar-refractivity contribution in [2.75, 3.05) is 19.7 Å². The van der Waals surface area contributed by atoms with Gasteiger partial charge in [-0.15, -0.1) is 5.10 Å². The van der Waals surface area contributed by atoms with Crippen molar-refractivity contribution < 1.29 is 9.84 Å². The fraction of sp³-hybridized carbons (Fsp3) is 0.444. The average Bonchev–Trinajstić information content (AvgIpc) is 3.29. The monoisotopic (exact) mass is 358 g/mol. The molecule has 0 radical (unpaired) electrons. The van der Waals surface area contributed by atoms with Gasteiger partial charge < -0.3 is 9.84 Å². The molecule has 25 heavy (non-hydrogen) atoms. The van der Waals surface area contributed by atoms with Crippen LogP contribution in [0.2, 0.25) is 0 Å². The molecule has 1 N–H and O–H groups in total. The maximum absolute atomic E-state index is 10.8. The zero-order valence-electron chi connectivity index (χ0n) is 14.5. The molecule has 0 bridgehead atoms. The molecule has 2 aromatic heterocycles. The fourth-order valence-electron chi connectivity index (χ4n) is 3.49. The minimum absolute atomic E-state index is 0.00304. The molecule has 1 saturated heterocycles. The number of benzene rings is 1. The molecule has 1 aromatic carbocycles. The molecule has 0 spiro atoms. The third kappa shape index (κ3) is 2.98. The number of ether oxygens (including phenoxy) is 1. The highest BCUT2D eigenvalue weighted by atomic mass is 32.1. The second kappa shape index (κ2) is 6.65. The van der Waals surface area contributed by atoms with Gasteiger partial charge in [-0.1, -0.05) is 23.5 Å². The largest absolute Gasteiger partial charge is 0.494 e. The summed E-state index contributed by atoms with van der Waals surface area (Å²) in [4.78, 5) is 8.46. The summed E-state index contributed by atoms with van der Waals surface area (Å²) in [5.74, 6) is 1.72. The Hall–Kier alpha value is -2.12. The van der Waals surface area contributed by atoms with E-state index in [0.717, 1.165) is 34.2 Å². The van der Waals surface area contributed by atoms with Crippen LogP contribution >= 0.6 is 11.3 Å². The Morgan fingerprint density at radius 3 is 2.84 bits per heavy atom. The van der Waals surface area contributed by atoms with Gasteiger partial charge in [0.25, 0.3) is 0 Å².